The third kappa shape index (κ3) is 4.52. The third-order valence-electron chi connectivity index (χ3n) is 9.25. The molecule has 4 aliphatic rings. The number of Topliss-reactive ketones (excluding diaryl/α,β-unsaturated/α-hetero) is 2. The van der Waals surface area contributed by atoms with Gasteiger partial charge in [0.2, 0.25) is 5.78 Å². The van der Waals surface area contributed by atoms with Gasteiger partial charge in [0.25, 0.3) is 11.0 Å². The van der Waals surface area contributed by atoms with E-state index in [1.807, 2.05) is 0 Å². The normalized spacial score (nSPS) is 32.7. The summed E-state index contributed by atoms with van der Waals surface area (Å²) >= 11 is 0. The molecule has 7 N–H and O–H groups in total. The van der Waals surface area contributed by atoms with Crippen molar-refractivity contribution in [2.24, 2.45) is 11.8 Å². The Labute approximate surface area is 250 Å². The van der Waals surface area contributed by atoms with Crippen molar-refractivity contribution in [2.45, 2.75) is 49.2 Å². The minimum Gasteiger partial charge on any atom is -0.508 e. The molecule has 1 saturated carbocycles. The first-order valence-corrected chi connectivity index (χ1v) is 13.9. The first kappa shape index (κ1) is 31.3. The SMILES string of the molecule is CN(C)[C@@H]1C(=O)C(C(=O)NCN2CCC(O[N+](=O)[O-])CC2)=C(O)[C@@]2(O)C(=O)C3=C(O)c4c(O)cccc4C(C)(O)[C@H]3[C@H](O)[C@@H]12. The van der Waals surface area contributed by atoms with Gasteiger partial charge in [-0.05, 0) is 45.5 Å². The van der Waals surface area contributed by atoms with E-state index in [1.54, 1.807) is 4.90 Å². The van der Waals surface area contributed by atoms with Crippen LogP contribution >= 0.6 is 0 Å². The second kappa shape index (κ2) is 10.8. The highest BCUT2D eigenvalue weighted by Crippen LogP contribution is 2.57. The van der Waals surface area contributed by atoms with E-state index < -0.39 is 92.3 Å². The lowest BCUT2D eigenvalue weighted by Gasteiger charge is -2.55. The maximum atomic E-state index is 14.2. The molecule has 1 amide bonds. The van der Waals surface area contributed by atoms with Crippen molar-refractivity contribution in [3.63, 3.8) is 0 Å². The van der Waals surface area contributed by atoms with Crippen molar-refractivity contribution in [3.05, 3.63) is 56.3 Å². The first-order valence-electron chi connectivity index (χ1n) is 13.9. The van der Waals surface area contributed by atoms with Crippen molar-refractivity contribution in [1.29, 1.82) is 0 Å². The number of phenols is 1. The topological polar surface area (TPSA) is 243 Å². The van der Waals surface area contributed by atoms with Crippen LogP contribution in [0.3, 0.4) is 0 Å². The zero-order valence-electron chi connectivity index (χ0n) is 24.1. The van der Waals surface area contributed by atoms with Crippen molar-refractivity contribution in [1.82, 2.24) is 15.1 Å². The van der Waals surface area contributed by atoms with Crippen LogP contribution in [0.4, 0.5) is 0 Å². The summed E-state index contributed by atoms with van der Waals surface area (Å²) in [6, 6.07) is 2.43. The third-order valence-corrected chi connectivity index (χ3v) is 9.25. The highest BCUT2D eigenvalue weighted by molar-refractivity contribution is 6.25. The Hall–Kier alpha value is -4.09. The van der Waals surface area contributed by atoms with Crippen molar-refractivity contribution >= 4 is 23.2 Å². The molecule has 1 aromatic carbocycles. The van der Waals surface area contributed by atoms with E-state index in [0.717, 1.165) is 0 Å². The fourth-order valence-electron chi connectivity index (χ4n) is 7.15. The summed E-state index contributed by atoms with van der Waals surface area (Å²) in [5, 5.41) is 80.6. The molecule has 1 unspecified atom stereocenters. The summed E-state index contributed by atoms with van der Waals surface area (Å²) < 4.78 is 0. The maximum Gasteiger partial charge on any atom is 0.294 e. The minimum absolute atomic E-state index is 0.0154. The monoisotopic (exact) mass is 618 g/mol. The molecule has 238 valence electrons. The predicted molar refractivity (Wildman–Crippen MR) is 148 cm³/mol. The molecule has 1 aromatic rings. The van der Waals surface area contributed by atoms with Crippen LogP contribution < -0.4 is 5.32 Å². The molecule has 2 fully saturated rings. The van der Waals surface area contributed by atoms with Crippen molar-refractivity contribution in [3.8, 4) is 5.75 Å². The molecule has 3 aliphatic carbocycles. The second-order valence-electron chi connectivity index (χ2n) is 12.0. The number of likely N-dealkylation sites (tertiary alicyclic amines) is 1. The summed E-state index contributed by atoms with van der Waals surface area (Å²) in [5.41, 5.74) is -7.13. The average molecular weight is 619 g/mol. The van der Waals surface area contributed by atoms with E-state index >= 15 is 0 Å². The van der Waals surface area contributed by atoms with E-state index in [9.17, 15) is 55.1 Å². The Kier molecular flexibility index (Phi) is 7.70. The van der Waals surface area contributed by atoms with Gasteiger partial charge in [-0.25, -0.2) is 0 Å². The molecule has 5 rings (SSSR count). The fraction of sp³-hybridized carbons (Fsp3) is 0.536. The summed E-state index contributed by atoms with van der Waals surface area (Å²) in [6.45, 7) is 1.71. The number of nitrogens with one attached hydrogen (secondary N) is 1. The number of nitrogens with zero attached hydrogens (tertiary/aromatic N) is 3. The largest absolute Gasteiger partial charge is 0.508 e. The Morgan fingerprint density at radius 1 is 1.18 bits per heavy atom. The number of carbonyl (C=O) groups is 3. The molecule has 6 atom stereocenters. The predicted octanol–water partition coefficient (Wildman–Crippen LogP) is -1.14. The van der Waals surface area contributed by atoms with Crippen LogP contribution in [0.25, 0.3) is 5.76 Å². The van der Waals surface area contributed by atoms with Crippen LogP contribution in [-0.2, 0) is 24.8 Å². The van der Waals surface area contributed by atoms with Crippen LogP contribution in [0.15, 0.2) is 35.1 Å². The van der Waals surface area contributed by atoms with Crippen molar-refractivity contribution in [2.75, 3.05) is 33.9 Å². The lowest BCUT2D eigenvalue weighted by molar-refractivity contribution is -0.769. The van der Waals surface area contributed by atoms with E-state index in [-0.39, 0.29) is 17.8 Å². The lowest BCUT2D eigenvalue weighted by atomic mass is 9.53. The smallest absolute Gasteiger partial charge is 0.294 e. The molecular formula is C28H34N4O12. The fourth-order valence-corrected chi connectivity index (χ4v) is 7.15. The molecule has 0 bridgehead atoms. The molecule has 0 radical (unpaired) electrons. The standard InChI is InChI=1S/C28H34N4O12/c1-27(40)13-5-4-6-14(33)15(13)21(34)16-18(27)23(36)19-20(30(2)3)22(35)17(25(38)28(19,41)24(16)37)26(39)29-11-31-9-7-12(8-10-31)44-32(42)43/h4-6,12,18-20,23,33-34,36,38,40-41H,7-11H2,1-3H3,(H,29,39)/t18-,19-,20+,23+,27?,28+/m1/s1. The van der Waals surface area contributed by atoms with E-state index in [4.69, 9.17) is 0 Å². The average Bonchev–Trinajstić information content (AvgIpc) is 2.94. The molecule has 1 heterocycles. The molecule has 44 heavy (non-hydrogen) atoms. The van der Waals surface area contributed by atoms with Gasteiger partial charge >= 0.3 is 0 Å². The number of likely N-dealkylation sites (N-methyl/N-ethyl adjacent to an activating group) is 1. The van der Waals surface area contributed by atoms with E-state index in [1.165, 1.54) is 44.1 Å². The van der Waals surface area contributed by atoms with Crippen LogP contribution in [0, 0.1) is 22.0 Å². The number of benzene rings is 1. The number of hydrogen-bond acceptors (Lipinski definition) is 14. The van der Waals surface area contributed by atoms with Gasteiger partial charge in [-0.2, -0.15) is 0 Å². The molecule has 0 aromatic heterocycles. The van der Waals surface area contributed by atoms with Gasteiger partial charge in [0.15, 0.2) is 11.4 Å². The molecule has 1 aliphatic heterocycles. The van der Waals surface area contributed by atoms with Crippen LogP contribution in [0.1, 0.15) is 30.9 Å². The highest BCUT2D eigenvalue weighted by atomic mass is 17.0. The number of fused-ring (bicyclic) bond motifs is 3. The molecule has 1 saturated heterocycles. The number of phenolic OH excluding ortho intramolecular Hbond substituents is 1. The molecular weight excluding hydrogens is 584 g/mol. The van der Waals surface area contributed by atoms with Crippen molar-refractivity contribution < 1.29 is 54.9 Å². The van der Waals surface area contributed by atoms with E-state index in [2.05, 4.69) is 10.2 Å². The first-order chi connectivity index (χ1) is 20.5. The van der Waals surface area contributed by atoms with Gasteiger partial charge in [-0.1, -0.05) is 12.1 Å². The molecule has 0 spiro atoms. The summed E-state index contributed by atoms with van der Waals surface area (Å²) in [7, 11) is 2.81. The number of piperidine rings is 1. The number of aromatic hydroxyl groups is 1. The summed E-state index contributed by atoms with van der Waals surface area (Å²) in [4.78, 5) is 59.5. The Balaban J connectivity index is 1.54. The van der Waals surface area contributed by atoms with Crippen LogP contribution in [0.2, 0.25) is 0 Å². The maximum absolute atomic E-state index is 14.2. The summed E-state index contributed by atoms with van der Waals surface area (Å²) in [6.07, 6.45) is -1.94. The number of carbonyl (C=O) groups excluding carboxylic acids is 3. The number of aliphatic hydroxyl groups excluding tert-OH is 3. The minimum atomic E-state index is -3.09. The Morgan fingerprint density at radius 3 is 2.41 bits per heavy atom. The van der Waals surface area contributed by atoms with E-state index in [0.29, 0.717) is 25.9 Å². The second-order valence-corrected chi connectivity index (χ2v) is 12.0. The summed E-state index contributed by atoms with van der Waals surface area (Å²) in [5.74, 6) is -9.55. The highest BCUT2D eigenvalue weighted by Gasteiger charge is 2.70. The van der Waals surface area contributed by atoms with Crippen LogP contribution in [0.5, 0.6) is 5.75 Å². The van der Waals surface area contributed by atoms with Gasteiger partial charge in [0.05, 0.1) is 47.4 Å². The number of hydrogen-bond donors (Lipinski definition) is 7. The Morgan fingerprint density at radius 2 is 1.82 bits per heavy atom. The van der Waals surface area contributed by atoms with Gasteiger partial charge in [-0.15, -0.1) is 10.1 Å². The van der Waals surface area contributed by atoms with Gasteiger partial charge in [0.1, 0.15) is 28.9 Å². The Bertz CT molecular complexity index is 1490. The zero-order chi connectivity index (χ0) is 32.5. The number of amides is 1. The number of rotatable bonds is 6. The van der Waals surface area contributed by atoms with Gasteiger partial charge in [-0.3, -0.25) is 24.2 Å². The number of aliphatic hydroxyl groups is 5. The number of ketones is 2. The quantitative estimate of drug-likeness (QED) is 0.113. The van der Waals surface area contributed by atoms with Gasteiger partial charge in [0, 0.05) is 13.1 Å². The lowest BCUT2D eigenvalue weighted by Crippen LogP contribution is -2.72. The molecule has 16 heteroatoms. The van der Waals surface area contributed by atoms with Crippen LogP contribution in [-0.4, -0.2) is 121 Å². The zero-order valence-corrected chi connectivity index (χ0v) is 24.1. The molecule has 16 nitrogen and oxygen atoms in total. The van der Waals surface area contributed by atoms with Gasteiger partial charge < -0.3 is 40.8 Å².